The van der Waals surface area contributed by atoms with Gasteiger partial charge in [0.25, 0.3) is 0 Å². The molecule has 0 aliphatic heterocycles. The molecule has 0 unspecified atom stereocenters. The van der Waals surface area contributed by atoms with Crippen molar-refractivity contribution < 1.29 is 0 Å². The second-order valence-corrected chi connectivity index (χ2v) is 19.8. The molecule has 0 heterocycles. The van der Waals surface area contributed by atoms with Gasteiger partial charge in [-0.25, -0.2) is 0 Å². The maximum absolute atomic E-state index is 2.52. The van der Waals surface area contributed by atoms with Gasteiger partial charge in [0.15, 0.2) is 0 Å². The van der Waals surface area contributed by atoms with Crippen LogP contribution in [0, 0.1) is 0 Å². The summed E-state index contributed by atoms with van der Waals surface area (Å²) in [7, 11) is 0. The van der Waals surface area contributed by atoms with Gasteiger partial charge in [-0.15, -0.1) is 0 Å². The van der Waals surface area contributed by atoms with Crippen LogP contribution in [0.5, 0.6) is 0 Å². The van der Waals surface area contributed by atoms with Gasteiger partial charge in [-0.3, -0.25) is 0 Å². The number of benzene rings is 12. The van der Waals surface area contributed by atoms with E-state index < -0.39 is 0 Å². The molecule has 0 bridgehead atoms. The van der Waals surface area contributed by atoms with E-state index in [1.165, 1.54) is 166 Å². The van der Waals surface area contributed by atoms with E-state index >= 15 is 0 Å². The predicted octanol–water partition coefficient (Wildman–Crippen LogP) is 17.5. The topological polar surface area (TPSA) is 0 Å². The minimum Gasteiger partial charge on any atom is -0.0619 e. The zero-order valence-corrected chi connectivity index (χ0v) is 37.5. The lowest BCUT2D eigenvalue weighted by molar-refractivity contribution is 1.26. The first-order valence-electron chi connectivity index (χ1n) is 24.3. The summed E-state index contributed by atoms with van der Waals surface area (Å²) >= 11 is 0. The quantitative estimate of drug-likeness (QED) is 0.155. The predicted molar refractivity (Wildman–Crippen MR) is 285 cm³/mol. The Bertz CT molecular complexity index is 3660. The third kappa shape index (κ3) is 5.15. The minimum atomic E-state index is 0.966. The average Bonchev–Trinajstić information content (AvgIpc) is 4.16. The van der Waals surface area contributed by atoms with E-state index in [2.05, 4.69) is 206 Å². The van der Waals surface area contributed by atoms with Gasteiger partial charge >= 0.3 is 0 Å². The van der Waals surface area contributed by atoms with Gasteiger partial charge in [0.1, 0.15) is 0 Å². The monoisotopic (exact) mass is 858 g/mol. The Balaban J connectivity index is 0.977. The van der Waals surface area contributed by atoms with Crippen molar-refractivity contribution in [2.75, 3.05) is 0 Å². The lowest BCUT2D eigenvalue weighted by atomic mass is 9.81. The molecule has 12 aromatic rings. The van der Waals surface area contributed by atoms with Crippen molar-refractivity contribution in [3.8, 4) is 89.0 Å². The smallest absolute Gasteiger partial charge is 0.00132 e. The van der Waals surface area contributed by atoms with Crippen molar-refractivity contribution in [2.24, 2.45) is 0 Å². The first-order valence-corrected chi connectivity index (χ1v) is 24.3. The Kier molecular flexibility index (Phi) is 7.39. The van der Waals surface area contributed by atoms with E-state index in [1.54, 1.807) is 0 Å². The van der Waals surface area contributed by atoms with E-state index in [9.17, 15) is 0 Å². The molecule has 0 radical (unpaired) electrons. The fourth-order valence-electron chi connectivity index (χ4n) is 13.2. The van der Waals surface area contributed by atoms with Crippen molar-refractivity contribution in [2.45, 2.75) is 25.7 Å². The number of hydrogen-bond donors (Lipinski definition) is 0. The third-order valence-corrected chi connectivity index (χ3v) is 16.3. The molecule has 0 aromatic heterocycles. The molecule has 0 N–H and O–H groups in total. The van der Waals surface area contributed by atoms with Gasteiger partial charge in [-0.2, -0.15) is 0 Å². The van der Waals surface area contributed by atoms with Gasteiger partial charge in [0.05, 0.1) is 0 Å². The average molecular weight is 859 g/mol. The summed E-state index contributed by atoms with van der Waals surface area (Å²) in [6.07, 6.45) is 3.86. The van der Waals surface area contributed by atoms with Gasteiger partial charge in [-0.1, -0.05) is 194 Å². The maximum Gasteiger partial charge on any atom is -0.00132 e. The SMILES string of the molecule is c1ccc2c(c1)Cc1cc(-c3cc(-c4ccc5c(c4)Cc4ccccc4-5)c4ccc5c(-c6ccc7c(c6)Cc6ccccc6-7)cc(-c6ccc7c(c6)Cc6ccccc6-7)c6ccc3c4c65)ccc1-2. The van der Waals surface area contributed by atoms with Crippen LogP contribution >= 0.6 is 0 Å². The van der Waals surface area contributed by atoms with Crippen molar-refractivity contribution in [1.82, 2.24) is 0 Å². The Labute approximate surface area is 395 Å². The molecule has 68 heavy (non-hydrogen) atoms. The molecule has 0 nitrogen and oxygen atoms in total. The summed E-state index contributed by atoms with van der Waals surface area (Å²) in [5.41, 5.74) is 32.5. The fourth-order valence-corrected chi connectivity index (χ4v) is 13.2. The molecule has 0 saturated carbocycles. The van der Waals surface area contributed by atoms with Gasteiger partial charge < -0.3 is 0 Å². The summed E-state index contributed by atoms with van der Waals surface area (Å²) in [5, 5.41) is 7.94. The molecule has 0 atom stereocenters. The summed E-state index contributed by atoms with van der Waals surface area (Å²) in [5.74, 6) is 0. The highest BCUT2D eigenvalue weighted by Gasteiger charge is 2.27. The highest BCUT2D eigenvalue weighted by Crippen LogP contribution is 2.51. The largest absolute Gasteiger partial charge is 0.0619 e. The van der Waals surface area contributed by atoms with Crippen LogP contribution in [0.15, 0.2) is 206 Å². The molecule has 0 fully saturated rings. The summed E-state index contributed by atoms with van der Waals surface area (Å²) < 4.78 is 0. The van der Waals surface area contributed by atoms with Gasteiger partial charge in [0, 0.05) is 0 Å². The standard InChI is InChI=1S/C68H42/c1-5-13-51-39(9-1)29-47-33-43(17-21-55(47)51)63-37-64(44-18-22-56-48(34-44)30-40-10-2-6-14-52(40)56)60-27-28-62-66(46-20-24-58-50(36-46)32-42-12-4-8-16-54(42)58)38-65(61-26-25-59(63)67(60)68(61)62)45-19-23-57-49(35-45)31-41-11-3-7-15-53(41)57/h1-28,33-38H,29-32H2. The summed E-state index contributed by atoms with van der Waals surface area (Å²) in [4.78, 5) is 0. The molecule has 0 saturated heterocycles. The Morgan fingerprint density at radius 3 is 0.676 bits per heavy atom. The van der Waals surface area contributed by atoms with E-state index in [-0.39, 0.29) is 0 Å². The Hall–Kier alpha value is -8.32. The molecule has 4 aliphatic carbocycles. The lowest BCUT2D eigenvalue weighted by Crippen LogP contribution is -1.95. The number of fused-ring (bicyclic) bond motifs is 12. The number of hydrogen-bond acceptors (Lipinski definition) is 0. The van der Waals surface area contributed by atoms with Crippen LogP contribution in [0.3, 0.4) is 0 Å². The molecule has 4 aliphatic rings. The molecule has 0 spiro atoms. The highest BCUT2D eigenvalue weighted by molar-refractivity contribution is 6.32. The van der Waals surface area contributed by atoms with Crippen LogP contribution in [-0.4, -0.2) is 0 Å². The van der Waals surface area contributed by atoms with Crippen LogP contribution in [0.4, 0.5) is 0 Å². The summed E-state index contributed by atoms with van der Waals surface area (Å²) in [6.45, 7) is 0. The molecule has 0 amide bonds. The van der Waals surface area contributed by atoms with Crippen LogP contribution in [0.2, 0.25) is 0 Å². The van der Waals surface area contributed by atoms with Crippen LogP contribution in [0.1, 0.15) is 44.5 Å². The second-order valence-electron chi connectivity index (χ2n) is 19.8. The molecular weight excluding hydrogens is 817 g/mol. The van der Waals surface area contributed by atoms with E-state index in [4.69, 9.17) is 0 Å². The fraction of sp³-hybridized carbons (Fsp3) is 0.0588. The zero-order valence-electron chi connectivity index (χ0n) is 37.5. The van der Waals surface area contributed by atoms with Crippen LogP contribution < -0.4 is 0 Å². The maximum atomic E-state index is 2.52. The molecule has 12 aromatic carbocycles. The van der Waals surface area contributed by atoms with Crippen molar-refractivity contribution >= 4 is 32.3 Å². The van der Waals surface area contributed by atoms with Crippen LogP contribution in [-0.2, 0) is 25.7 Å². The Morgan fingerprint density at radius 1 is 0.176 bits per heavy atom. The third-order valence-electron chi connectivity index (χ3n) is 16.3. The first kappa shape index (κ1) is 36.8. The molecule has 16 rings (SSSR count). The van der Waals surface area contributed by atoms with Crippen molar-refractivity contribution in [3.05, 3.63) is 251 Å². The van der Waals surface area contributed by atoms with Crippen LogP contribution in [0.25, 0.3) is 121 Å². The molecule has 314 valence electrons. The molecule has 0 heteroatoms. The number of rotatable bonds is 4. The zero-order chi connectivity index (χ0) is 44.2. The van der Waals surface area contributed by atoms with E-state index in [1.807, 2.05) is 0 Å². The van der Waals surface area contributed by atoms with Gasteiger partial charge in [-0.05, 0) is 204 Å². The van der Waals surface area contributed by atoms with Crippen molar-refractivity contribution in [3.63, 3.8) is 0 Å². The van der Waals surface area contributed by atoms with E-state index in [0.717, 1.165) is 25.7 Å². The van der Waals surface area contributed by atoms with Crippen molar-refractivity contribution in [1.29, 1.82) is 0 Å². The normalized spacial score (nSPS) is 13.4. The Morgan fingerprint density at radius 2 is 0.412 bits per heavy atom. The minimum absolute atomic E-state index is 0.966. The van der Waals surface area contributed by atoms with E-state index in [0.29, 0.717) is 0 Å². The second kappa shape index (κ2) is 13.6. The lowest BCUT2D eigenvalue weighted by Gasteiger charge is -2.22. The molecular formula is C68H42. The summed E-state index contributed by atoms with van der Waals surface area (Å²) in [6, 6.07) is 79.7. The highest BCUT2D eigenvalue weighted by atomic mass is 14.3. The first-order chi connectivity index (χ1) is 33.7. The van der Waals surface area contributed by atoms with Gasteiger partial charge in [0.2, 0.25) is 0 Å².